The summed E-state index contributed by atoms with van der Waals surface area (Å²) in [6.07, 6.45) is 3.64. The zero-order valence-electron chi connectivity index (χ0n) is 24.2. The standard InChI is InChI=1S/C30H44N4O6S/c1-3-40-22-9-7-21(8-10-22)32-26(36)23-24-28(38)34(14-5-4-6-18-35)25(30(24)12-11-29(23,2)41-30)27(37)31-13-15-33-16-19-39-20-17-33/h7-10,23-25,35H,3-6,11-20H2,1-2H3,(H,31,37)(H,32,36)/t23-,24+,25?,29+,30?/m1/s1. The van der Waals surface area contributed by atoms with E-state index in [0.29, 0.717) is 51.4 Å². The van der Waals surface area contributed by atoms with Crippen LogP contribution in [0, 0.1) is 11.8 Å². The van der Waals surface area contributed by atoms with E-state index < -0.39 is 27.4 Å². The first-order valence-electron chi connectivity index (χ1n) is 15.1. The molecule has 0 aromatic heterocycles. The summed E-state index contributed by atoms with van der Waals surface area (Å²) >= 11 is 1.69. The van der Waals surface area contributed by atoms with Gasteiger partial charge in [-0.25, -0.2) is 0 Å². The van der Waals surface area contributed by atoms with E-state index in [0.717, 1.165) is 44.6 Å². The summed E-state index contributed by atoms with van der Waals surface area (Å²) in [4.78, 5) is 46.0. The molecule has 1 aromatic carbocycles. The van der Waals surface area contributed by atoms with Crippen LogP contribution in [0.25, 0.3) is 0 Å². The van der Waals surface area contributed by atoms with E-state index in [4.69, 9.17) is 9.47 Å². The number of rotatable bonds is 13. The zero-order valence-corrected chi connectivity index (χ0v) is 25.0. The minimum absolute atomic E-state index is 0.0925. The van der Waals surface area contributed by atoms with Gasteiger partial charge in [0.25, 0.3) is 0 Å². The average molecular weight is 589 g/mol. The number of aliphatic hydroxyl groups is 1. The van der Waals surface area contributed by atoms with E-state index in [1.165, 1.54) is 0 Å². The van der Waals surface area contributed by atoms with Crippen LogP contribution in [0.15, 0.2) is 24.3 Å². The topological polar surface area (TPSA) is 120 Å². The summed E-state index contributed by atoms with van der Waals surface area (Å²) in [5.74, 6) is -0.742. The van der Waals surface area contributed by atoms with E-state index in [1.807, 2.05) is 31.2 Å². The Morgan fingerprint density at radius 2 is 1.85 bits per heavy atom. The number of aliphatic hydroxyl groups excluding tert-OH is 1. The van der Waals surface area contributed by atoms with Gasteiger partial charge in [0.05, 0.1) is 36.4 Å². The van der Waals surface area contributed by atoms with Gasteiger partial charge in [0.15, 0.2) is 0 Å². The molecular formula is C30H44N4O6S. The summed E-state index contributed by atoms with van der Waals surface area (Å²) in [5, 5.41) is 15.5. The van der Waals surface area contributed by atoms with Crippen molar-refractivity contribution in [3.05, 3.63) is 24.3 Å². The summed E-state index contributed by atoms with van der Waals surface area (Å²) in [6.45, 7) is 9.46. The largest absolute Gasteiger partial charge is 0.494 e. The Morgan fingerprint density at radius 3 is 2.56 bits per heavy atom. The maximum absolute atomic E-state index is 14.2. The maximum atomic E-state index is 14.2. The molecule has 3 amide bonds. The Hall–Kier alpha value is -2.34. The molecule has 4 heterocycles. The van der Waals surface area contributed by atoms with Crippen molar-refractivity contribution in [3.8, 4) is 5.75 Å². The highest BCUT2D eigenvalue weighted by Crippen LogP contribution is 2.71. The Labute approximate surface area is 246 Å². The van der Waals surface area contributed by atoms with Gasteiger partial charge < -0.3 is 30.1 Å². The molecule has 2 unspecified atom stereocenters. The van der Waals surface area contributed by atoms with Crippen molar-refractivity contribution in [2.45, 2.75) is 61.5 Å². The third kappa shape index (κ3) is 5.96. The average Bonchev–Trinajstić information content (AvgIpc) is 3.53. The Morgan fingerprint density at radius 1 is 1.10 bits per heavy atom. The van der Waals surface area contributed by atoms with Crippen LogP contribution in [0.1, 0.15) is 46.0 Å². The van der Waals surface area contributed by atoms with Crippen molar-refractivity contribution in [3.63, 3.8) is 0 Å². The molecule has 41 heavy (non-hydrogen) atoms. The lowest BCUT2D eigenvalue weighted by Gasteiger charge is -2.35. The highest BCUT2D eigenvalue weighted by Gasteiger charge is 2.77. The molecule has 4 fully saturated rings. The number of hydrogen-bond donors (Lipinski definition) is 3. The number of carbonyl (C=O) groups excluding carboxylic acids is 3. The molecule has 4 saturated heterocycles. The number of nitrogens with zero attached hydrogens (tertiary/aromatic N) is 2. The number of fused-ring (bicyclic) bond motifs is 1. The molecule has 4 aliphatic heterocycles. The van der Waals surface area contributed by atoms with Crippen LogP contribution >= 0.6 is 11.8 Å². The van der Waals surface area contributed by atoms with E-state index in [2.05, 4.69) is 22.5 Å². The highest BCUT2D eigenvalue weighted by molar-refractivity contribution is 8.02. The SMILES string of the molecule is CCOc1ccc(NC(=O)[C@H]2[C@H]3C(=O)N(CCCCCO)C(C(=O)NCCN4CCOCC4)C34CC[C@]2(C)S4)cc1. The van der Waals surface area contributed by atoms with Crippen molar-refractivity contribution in [1.82, 2.24) is 15.1 Å². The smallest absolute Gasteiger partial charge is 0.244 e. The van der Waals surface area contributed by atoms with E-state index >= 15 is 0 Å². The van der Waals surface area contributed by atoms with Crippen LogP contribution in [-0.2, 0) is 19.1 Å². The Balaban J connectivity index is 1.35. The second kappa shape index (κ2) is 12.9. The number of hydrogen-bond acceptors (Lipinski definition) is 8. The van der Waals surface area contributed by atoms with Gasteiger partial charge >= 0.3 is 0 Å². The summed E-state index contributed by atoms with van der Waals surface area (Å²) in [5.41, 5.74) is 0.660. The van der Waals surface area contributed by atoms with Crippen LogP contribution in [0.2, 0.25) is 0 Å². The number of ether oxygens (including phenoxy) is 2. The number of nitrogens with one attached hydrogen (secondary N) is 2. The predicted molar refractivity (Wildman–Crippen MR) is 158 cm³/mol. The normalized spacial score (nSPS) is 30.9. The van der Waals surface area contributed by atoms with E-state index in [-0.39, 0.29) is 24.3 Å². The van der Waals surface area contributed by atoms with Crippen molar-refractivity contribution in [1.29, 1.82) is 0 Å². The number of amides is 3. The molecule has 0 saturated carbocycles. The first-order chi connectivity index (χ1) is 19.8. The van der Waals surface area contributed by atoms with Crippen LogP contribution in [0.4, 0.5) is 5.69 Å². The second-order valence-corrected chi connectivity index (χ2v) is 13.6. The fraction of sp³-hybridized carbons (Fsp3) is 0.700. The van der Waals surface area contributed by atoms with Gasteiger partial charge in [-0.3, -0.25) is 19.3 Å². The minimum Gasteiger partial charge on any atom is -0.494 e. The molecule has 11 heteroatoms. The van der Waals surface area contributed by atoms with Crippen LogP contribution in [0.5, 0.6) is 5.75 Å². The molecule has 4 aliphatic rings. The zero-order chi connectivity index (χ0) is 29.0. The third-order valence-electron chi connectivity index (χ3n) is 9.13. The van der Waals surface area contributed by atoms with Crippen molar-refractivity contribution >= 4 is 35.2 Å². The van der Waals surface area contributed by atoms with Crippen molar-refractivity contribution in [2.24, 2.45) is 11.8 Å². The number of benzene rings is 1. The first-order valence-corrected chi connectivity index (χ1v) is 15.9. The van der Waals surface area contributed by atoms with Gasteiger partial charge in [-0.15, -0.1) is 11.8 Å². The van der Waals surface area contributed by atoms with E-state index in [1.54, 1.807) is 16.7 Å². The molecule has 2 bridgehead atoms. The van der Waals surface area contributed by atoms with E-state index in [9.17, 15) is 19.5 Å². The Kier molecular flexibility index (Phi) is 9.47. The predicted octanol–water partition coefficient (Wildman–Crippen LogP) is 2.12. The quantitative estimate of drug-likeness (QED) is 0.300. The monoisotopic (exact) mass is 588 g/mol. The van der Waals surface area contributed by atoms with Crippen LogP contribution in [0.3, 0.4) is 0 Å². The number of morpholine rings is 1. The summed E-state index contributed by atoms with van der Waals surface area (Å²) < 4.78 is 9.89. The van der Waals surface area contributed by atoms with Crippen LogP contribution < -0.4 is 15.4 Å². The third-order valence-corrected chi connectivity index (χ3v) is 11.1. The summed E-state index contributed by atoms with van der Waals surface area (Å²) in [7, 11) is 0. The highest BCUT2D eigenvalue weighted by atomic mass is 32.2. The molecule has 10 nitrogen and oxygen atoms in total. The molecule has 0 radical (unpaired) electrons. The number of likely N-dealkylation sites (tertiary alicyclic amines) is 1. The molecule has 1 spiro atoms. The number of anilines is 1. The summed E-state index contributed by atoms with van der Waals surface area (Å²) in [6, 6.07) is 6.66. The molecular weight excluding hydrogens is 544 g/mol. The number of thioether (sulfide) groups is 1. The van der Waals surface area contributed by atoms with Gasteiger partial charge in [-0.1, -0.05) is 0 Å². The van der Waals surface area contributed by atoms with Crippen LogP contribution in [-0.4, -0.2) is 107 Å². The number of unbranched alkanes of at least 4 members (excludes halogenated alkanes) is 2. The van der Waals surface area contributed by atoms with Crippen molar-refractivity contribution < 1.29 is 29.0 Å². The van der Waals surface area contributed by atoms with Crippen molar-refractivity contribution in [2.75, 3.05) is 64.5 Å². The molecule has 0 aliphatic carbocycles. The maximum Gasteiger partial charge on any atom is 0.244 e. The van der Waals surface area contributed by atoms with Gasteiger partial charge in [-0.05, 0) is 70.2 Å². The molecule has 5 rings (SSSR count). The first kappa shape index (κ1) is 30.1. The minimum atomic E-state index is -0.632. The van der Waals surface area contributed by atoms with Gasteiger partial charge in [-0.2, -0.15) is 0 Å². The van der Waals surface area contributed by atoms with Gasteiger partial charge in [0, 0.05) is 49.8 Å². The fourth-order valence-electron chi connectivity index (χ4n) is 7.22. The lowest BCUT2D eigenvalue weighted by molar-refractivity contribution is -0.139. The molecule has 3 N–H and O–H groups in total. The lowest BCUT2D eigenvalue weighted by atomic mass is 9.66. The van der Waals surface area contributed by atoms with Gasteiger partial charge in [0.2, 0.25) is 17.7 Å². The Bertz CT molecular complexity index is 1100. The molecule has 226 valence electrons. The van der Waals surface area contributed by atoms with Gasteiger partial charge in [0.1, 0.15) is 11.8 Å². The lowest BCUT2D eigenvalue weighted by Crippen LogP contribution is -2.54. The molecule has 5 atom stereocenters. The molecule has 1 aromatic rings. The second-order valence-electron chi connectivity index (χ2n) is 11.7. The number of carbonyl (C=O) groups is 3. The fourth-order valence-corrected chi connectivity index (χ4v) is 9.57.